The summed E-state index contributed by atoms with van der Waals surface area (Å²) in [5.41, 5.74) is -0.543. The number of amides is 1. The molecule has 0 bridgehead atoms. The van der Waals surface area contributed by atoms with Gasteiger partial charge in [-0.15, -0.1) is 0 Å². The SMILES string of the molecule is CCNC(=NCC(C)(C)C(=O)NC)NC1CCc2nc(CC)nn2C1. The Kier molecular flexibility index (Phi) is 6.39. The monoisotopic (exact) mass is 349 g/mol. The zero-order valence-corrected chi connectivity index (χ0v) is 16.0. The Labute approximate surface area is 149 Å². The third-order valence-electron chi connectivity index (χ3n) is 4.38. The zero-order chi connectivity index (χ0) is 18.4. The Morgan fingerprint density at radius 3 is 2.80 bits per heavy atom. The predicted molar refractivity (Wildman–Crippen MR) is 98.5 cm³/mol. The van der Waals surface area contributed by atoms with Crippen molar-refractivity contribution in [3.63, 3.8) is 0 Å². The van der Waals surface area contributed by atoms with E-state index in [1.54, 1.807) is 7.05 Å². The number of aliphatic imine (C=N–C) groups is 1. The van der Waals surface area contributed by atoms with E-state index in [0.717, 1.165) is 50.0 Å². The predicted octanol–water partition coefficient (Wildman–Crippen LogP) is 0.483. The van der Waals surface area contributed by atoms with Crippen molar-refractivity contribution in [1.82, 2.24) is 30.7 Å². The highest BCUT2D eigenvalue weighted by molar-refractivity contribution is 5.83. The van der Waals surface area contributed by atoms with Gasteiger partial charge in [0.2, 0.25) is 5.91 Å². The van der Waals surface area contributed by atoms with Crippen molar-refractivity contribution in [1.29, 1.82) is 0 Å². The third kappa shape index (κ3) is 4.93. The zero-order valence-electron chi connectivity index (χ0n) is 16.0. The summed E-state index contributed by atoms with van der Waals surface area (Å²) in [6.07, 6.45) is 2.76. The van der Waals surface area contributed by atoms with Gasteiger partial charge < -0.3 is 16.0 Å². The molecule has 0 radical (unpaired) electrons. The first kappa shape index (κ1) is 19.2. The van der Waals surface area contributed by atoms with E-state index in [2.05, 4.69) is 37.9 Å². The van der Waals surface area contributed by atoms with E-state index in [4.69, 9.17) is 0 Å². The van der Waals surface area contributed by atoms with Crippen LogP contribution < -0.4 is 16.0 Å². The van der Waals surface area contributed by atoms with E-state index in [-0.39, 0.29) is 11.9 Å². The van der Waals surface area contributed by atoms with Crippen molar-refractivity contribution in [3.05, 3.63) is 11.6 Å². The molecule has 140 valence electrons. The van der Waals surface area contributed by atoms with Gasteiger partial charge in [-0.2, -0.15) is 5.10 Å². The third-order valence-corrected chi connectivity index (χ3v) is 4.38. The summed E-state index contributed by atoms with van der Waals surface area (Å²) in [6.45, 7) is 9.87. The molecule has 8 nitrogen and oxygen atoms in total. The number of nitrogens with zero attached hydrogens (tertiary/aromatic N) is 4. The largest absolute Gasteiger partial charge is 0.359 e. The molecule has 0 aliphatic carbocycles. The number of hydrogen-bond acceptors (Lipinski definition) is 4. The smallest absolute Gasteiger partial charge is 0.227 e. The maximum Gasteiger partial charge on any atom is 0.227 e. The highest BCUT2D eigenvalue weighted by Gasteiger charge is 2.27. The lowest BCUT2D eigenvalue weighted by Crippen LogP contribution is -2.48. The van der Waals surface area contributed by atoms with Gasteiger partial charge in [0.25, 0.3) is 0 Å². The van der Waals surface area contributed by atoms with Crippen LogP contribution in [0.2, 0.25) is 0 Å². The maximum absolute atomic E-state index is 11.9. The minimum Gasteiger partial charge on any atom is -0.359 e. The number of aromatic nitrogens is 3. The molecule has 2 heterocycles. The van der Waals surface area contributed by atoms with Crippen LogP contribution in [0.4, 0.5) is 0 Å². The quantitative estimate of drug-likeness (QED) is 0.513. The highest BCUT2D eigenvalue weighted by Crippen LogP contribution is 2.16. The highest BCUT2D eigenvalue weighted by atomic mass is 16.2. The summed E-state index contributed by atoms with van der Waals surface area (Å²) >= 11 is 0. The summed E-state index contributed by atoms with van der Waals surface area (Å²) in [5.74, 6) is 2.70. The first-order valence-corrected chi connectivity index (χ1v) is 9.09. The second kappa shape index (κ2) is 8.31. The van der Waals surface area contributed by atoms with E-state index >= 15 is 0 Å². The molecule has 3 N–H and O–H groups in total. The van der Waals surface area contributed by atoms with Crippen LogP contribution in [0.3, 0.4) is 0 Å². The number of carbonyl (C=O) groups excluding carboxylic acids is 1. The standard InChI is InChI=1S/C17H31N7O/c1-6-13-22-14-9-8-12(10-24(14)23-13)21-16(19-7-2)20-11-17(3,4)15(25)18-5/h12H,6-11H2,1-5H3,(H,18,25)(H2,19,20,21). The van der Waals surface area contributed by atoms with Crippen LogP contribution in [0.15, 0.2) is 4.99 Å². The average molecular weight is 349 g/mol. The number of nitrogens with one attached hydrogen (secondary N) is 3. The van der Waals surface area contributed by atoms with Crippen molar-refractivity contribution in [2.75, 3.05) is 20.1 Å². The molecule has 2 rings (SSSR count). The number of guanidine groups is 1. The molecule has 1 aliphatic heterocycles. The summed E-state index contributed by atoms with van der Waals surface area (Å²) in [6, 6.07) is 0.250. The molecule has 1 aromatic heterocycles. The molecule has 1 aliphatic rings. The number of carbonyl (C=O) groups is 1. The summed E-state index contributed by atoms with van der Waals surface area (Å²) in [5, 5.41) is 14.0. The van der Waals surface area contributed by atoms with Gasteiger partial charge in [-0.05, 0) is 27.2 Å². The van der Waals surface area contributed by atoms with E-state index in [0.29, 0.717) is 6.54 Å². The van der Waals surface area contributed by atoms with E-state index in [9.17, 15) is 4.79 Å². The topological polar surface area (TPSA) is 96.2 Å². The van der Waals surface area contributed by atoms with Gasteiger partial charge in [-0.1, -0.05) is 6.92 Å². The molecule has 8 heteroatoms. The Hall–Kier alpha value is -2.12. The fourth-order valence-corrected chi connectivity index (χ4v) is 2.83. The minimum atomic E-state index is -0.543. The van der Waals surface area contributed by atoms with Crippen LogP contribution in [-0.2, 0) is 24.2 Å². The molecule has 25 heavy (non-hydrogen) atoms. The summed E-state index contributed by atoms with van der Waals surface area (Å²) < 4.78 is 2.00. The number of hydrogen-bond donors (Lipinski definition) is 3. The second-order valence-electron chi connectivity index (χ2n) is 7.02. The lowest BCUT2D eigenvalue weighted by Gasteiger charge is -2.26. The van der Waals surface area contributed by atoms with Crippen LogP contribution >= 0.6 is 0 Å². The van der Waals surface area contributed by atoms with Crippen LogP contribution in [0.25, 0.3) is 0 Å². The van der Waals surface area contributed by atoms with Crippen molar-refractivity contribution in [3.8, 4) is 0 Å². The molecule has 0 aromatic carbocycles. The molecule has 0 fully saturated rings. The van der Waals surface area contributed by atoms with Crippen molar-refractivity contribution >= 4 is 11.9 Å². The Morgan fingerprint density at radius 1 is 1.40 bits per heavy atom. The van der Waals surface area contributed by atoms with Crippen molar-refractivity contribution in [2.45, 2.75) is 59.5 Å². The molecule has 1 aromatic rings. The molecule has 0 saturated heterocycles. The second-order valence-corrected chi connectivity index (χ2v) is 7.02. The molecular formula is C17H31N7O. The molecule has 1 atom stereocenters. The van der Waals surface area contributed by atoms with Gasteiger partial charge >= 0.3 is 0 Å². The van der Waals surface area contributed by atoms with Crippen LogP contribution in [0.1, 0.15) is 45.8 Å². The summed E-state index contributed by atoms with van der Waals surface area (Å²) in [7, 11) is 1.65. The van der Waals surface area contributed by atoms with Gasteiger partial charge in [-0.3, -0.25) is 9.79 Å². The molecular weight excluding hydrogens is 318 g/mol. The first-order chi connectivity index (χ1) is 11.9. The van der Waals surface area contributed by atoms with Gasteiger partial charge in [-0.25, -0.2) is 9.67 Å². The lowest BCUT2D eigenvalue weighted by atomic mass is 9.93. The van der Waals surface area contributed by atoms with Crippen molar-refractivity contribution < 1.29 is 4.79 Å². The molecule has 1 unspecified atom stereocenters. The Morgan fingerprint density at radius 2 is 2.16 bits per heavy atom. The van der Waals surface area contributed by atoms with E-state index in [1.165, 1.54) is 0 Å². The Bertz CT molecular complexity index is 621. The maximum atomic E-state index is 11.9. The first-order valence-electron chi connectivity index (χ1n) is 9.09. The Balaban J connectivity index is 2.01. The van der Waals surface area contributed by atoms with E-state index in [1.807, 2.05) is 25.5 Å². The molecule has 0 saturated carbocycles. The number of rotatable bonds is 6. The van der Waals surface area contributed by atoms with Gasteiger partial charge in [0.1, 0.15) is 5.82 Å². The number of fused-ring (bicyclic) bond motifs is 1. The van der Waals surface area contributed by atoms with Crippen molar-refractivity contribution in [2.24, 2.45) is 10.4 Å². The fraction of sp³-hybridized carbons (Fsp3) is 0.765. The lowest BCUT2D eigenvalue weighted by molar-refractivity contribution is -0.128. The molecule has 1 amide bonds. The van der Waals surface area contributed by atoms with Crippen LogP contribution in [-0.4, -0.2) is 52.8 Å². The van der Waals surface area contributed by atoms with Crippen LogP contribution in [0.5, 0.6) is 0 Å². The van der Waals surface area contributed by atoms with Gasteiger partial charge in [0.15, 0.2) is 11.8 Å². The summed E-state index contributed by atoms with van der Waals surface area (Å²) in [4.78, 5) is 21.1. The van der Waals surface area contributed by atoms with Gasteiger partial charge in [0.05, 0.1) is 18.5 Å². The normalized spacial score (nSPS) is 17.8. The van der Waals surface area contributed by atoms with Crippen LogP contribution in [0, 0.1) is 5.41 Å². The average Bonchev–Trinajstić information content (AvgIpc) is 3.01. The minimum absolute atomic E-state index is 0.0101. The van der Waals surface area contributed by atoms with Gasteiger partial charge in [0, 0.05) is 32.5 Å². The number of aryl methyl sites for hydroxylation is 2. The van der Waals surface area contributed by atoms with E-state index < -0.39 is 5.41 Å². The molecule has 0 spiro atoms. The fourth-order valence-electron chi connectivity index (χ4n) is 2.83.